The monoisotopic (exact) mass is 833 g/mol. The van der Waals surface area contributed by atoms with Crippen LogP contribution in [0.2, 0.25) is 10.0 Å². The molecule has 8 nitrogen and oxygen atoms in total. The lowest BCUT2D eigenvalue weighted by atomic mass is 10.1. The van der Waals surface area contributed by atoms with Crippen molar-refractivity contribution in [3.8, 4) is 17.1 Å². The molecule has 0 saturated carbocycles. The van der Waals surface area contributed by atoms with Crippen molar-refractivity contribution >= 4 is 57.2 Å². The van der Waals surface area contributed by atoms with Crippen LogP contribution in [0.3, 0.4) is 0 Å². The largest absolute Gasteiger partial charge is 0.416 e. The summed E-state index contributed by atoms with van der Waals surface area (Å²) in [6.45, 7) is 10.1. The number of pyridine rings is 1. The van der Waals surface area contributed by atoms with Gasteiger partial charge in [0.15, 0.2) is 0 Å². The number of aromatic nitrogens is 4. The van der Waals surface area contributed by atoms with Gasteiger partial charge in [-0.3, -0.25) is 14.2 Å². The molecule has 2 aromatic heterocycles. The molecule has 8 rings (SSSR count). The summed E-state index contributed by atoms with van der Waals surface area (Å²) in [5.74, 6) is -0.324. The van der Waals surface area contributed by atoms with E-state index in [1.54, 1.807) is 11.3 Å². The van der Waals surface area contributed by atoms with Crippen LogP contribution in [0.15, 0.2) is 133 Å². The molecule has 1 amide bonds. The average Bonchev–Trinajstić information content (AvgIpc) is 3.52. The molecule has 300 valence electrons. The molecule has 0 bridgehead atoms. The molecule has 13 heteroatoms. The Labute approximate surface area is 349 Å². The minimum atomic E-state index is -4.37. The van der Waals surface area contributed by atoms with Crippen molar-refractivity contribution in [2.45, 2.75) is 52.9 Å². The highest BCUT2D eigenvalue weighted by Gasteiger charge is 2.30. The maximum absolute atomic E-state index is 12.6. The number of carbonyl (C=O) groups is 1. The van der Waals surface area contributed by atoms with E-state index in [4.69, 9.17) is 33.2 Å². The number of aryl methyl sites for hydroxylation is 2. The summed E-state index contributed by atoms with van der Waals surface area (Å²) in [6, 6.07) is 36.3. The van der Waals surface area contributed by atoms with Gasteiger partial charge >= 0.3 is 6.18 Å². The van der Waals surface area contributed by atoms with Gasteiger partial charge in [0.1, 0.15) is 11.3 Å². The number of hydrogen-bond acceptors (Lipinski definition) is 5. The van der Waals surface area contributed by atoms with Crippen molar-refractivity contribution < 1.29 is 18.0 Å². The van der Waals surface area contributed by atoms with Crippen molar-refractivity contribution in [2.24, 2.45) is 4.99 Å². The zero-order valence-electron chi connectivity index (χ0n) is 32.9. The molecule has 6 aromatic rings. The van der Waals surface area contributed by atoms with Crippen LogP contribution in [-0.4, -0.2) is 30.4 Å². The first-order valence-corrected chi connectivity index (χ1v) is 19.5. The number of benzene rings is 5. The summed E-state index contributed by atoms with van der Waals surface area (Å²) in [5.41, 5.74) is 8.84. The molecule has 0 atom stereocenters. The quantitative estimate of drug-likeness (QED) is 0.163. The molecule has 1 aliphatic heterocycles. The summed E-state index contributed by atoms with van der Waals surface area (Å²) in [5, 5.41) is 8.49. The van der Waals surface area contributed by atoms with Crippen LogP contribution in [0.4, 0.5) is 24.5 Å². The number of carbonyl (C=O) groups excluding carboxylic acids is 1. The van der Waals surface area contributed by atoms with Gasteiger partial charge in [-0.15, -0.1) is 0 Å². The molecular formula is C46H40Cl2F3N7O. The van der Waals surface area contributed by atoms with Gasteiger partial charge in [0.2, 0.25) is 0 Å². The van der Waals surface area contributed by atoms with Gasteiger partial charge in [-0.1, -0.05) is 53.5 Å². The smallest absolute Gasteiger partial charge is 0.354 e. The van der Waals surface area contributed by atoms with E-state index in [-0.39, 0.29) is 18.0 Å². The van der Waals surface area contributed by atoms with Crippen LogP contribution >= 0.6 is 23.2 Å². The van der Waals surface area contributed by atoms with E-state index >= 15 is 0 Å². The summed E-state index contributed by atoms with van der Waals surface area (Å²) >= 11 is 12.3. The van der Waals surface area contributed by atoms with Crippen LogP contribution in [0, 0.1) is 13.8 Å². The first-order chi connectivity index (χ1) is 28.0. The third-order valence-corrected chi connectivity index (χ3v) is 9.76. The second-order valence-corrected chi connectivity index (χ2v) is 15.9. The second kappa shape index (κ2) is 16.6. The lowest BCUT2D eigenvalue weighted by Crippen LogP contribution is -2.25. The summed E-state index contributed by atoms with van der Waals surface area (Å²) in [4.78, 5) is 26.9. The van der Waals surface area contributed by atoms with Gasteiger partial charge in [0, 0.05) is 34.2 Å². The van der Waals surface area contributed by atoms with Gasteiger partial charge < -0.3 is 15.2 Å². The molecule has 59 heavy (non-hydrogen) atoms. The van der Waals surface area contributed by atoms with E-state index in [0.717, 1.165) is 62.5 Å². The highest BCUT2D eigenvalue weighted by molar-refractivity contribution is 6.30. The predicted molar refractivity (Wildman–Crippen MR) is 230 cm³/mol. The Balaban J connectivity index is 0.000000188. The number of anilines is 2. The van der Waals surface area contributed by atoms with Crippen LogP contribution in [0.25, 0.3) is 33.8 Å². The fourth-order valence-corrected chi connectivity index (χ4v) is 6.82. The van der Waals surface area contributed by atoms with Gasteiger partial charge in [-0.05, 0) is 137 Å². The molecule has 4 aromatic carbocycles. The van der Waals surface area contributed by atoms with E-state index < -0.39 is 11.7 Å². The molecule has 2 N–H and O–H groups in total. The Morgan fingerprint density at radius 1 is 0.797 bits per heavy atom. The number of nitrogens with zero attached hydrogens (tertiary/aromatic N) is 5. The lowest BCUT2D eigenvalue weighted by molar-refractivity contribution is -0.137. The number of halogens is 5. The minimum Gasteiger partial charge on any atom is -0.354 e. The van der Waals surface area contributed by atoms with E-state index in [2.05, 4.69) is 59.2 Å². The number of nitrogens with one attached hydrogen (secondary N) is 2. The molecule has 0 unspecified atom stereocenters. The van der Waals surface area contributed by atoms with Gasteiger partial charge in [-0.25, -0.2) is 9.97 Å². The number of rotatable bonds is 6. The first kappa shape index (κ1) is 41.0. The molecule has 2 aliphatic rings. The number of alkyl halides is 3. The zero-order chi connectivity index (χ0) is 42.1. The SMILES string of the molecule is CC(C)(C)N=c1cc2n(-c3ccc(Cl)cc3)c3ccccc3nc-2cc1Nc1ccc(Cl)cc1.Cc1ccc2nc(C)c(C(=O)NCc3ccc(C(F)(F)F)cc3)n2c1. The maximum atomic E-state index is 12.6. The molecule has 0 fully saturated rings. The Kier molecular flexibility index (Phi) is 11.5. The van der Waals surface area contributed by atoms with Gasteiger partial charge in [-0.2, -0.15) is 13.2 Å². The number of hydrogen-bond donors (Lipinski definition) is 2. The summed E-state index contributed by atoms with van der Waals surface area (Å²) < 4.78 is 41.6. The molecule has 1 aliphatic carbocycles. The lowest BCUT2D eigenvalue weighted by Gasteiger charge is -2.21. The Morgan fingerprint density at radius 2 is 1.46 bits per heavy atom. The topological polar surface area (TPSA) is 88.6 Å². The fourth-order valence-electron chi connectivity index (χ4n) is 6.57. The van der Waals surface area contributed by atoms with Crippen LogP contribution in [0.1, 0.15) is 53.6 Å². The average molecular weight is 835 g/mol. The number of amides is 1. The molecule has 0 radical (unpaired) electrons. The van der Waals surface area contributed by atoms with Crippen LogP contribution < -0.4 is 16.0 Å². The summed E-state index contributed by atoms with van der Waals surface area (Å²) in [6.07, 6.45) is -2.55. The molecule has 0 spiro atoms. The number of para-hydroxylation sites is 2. The molecule has 3 heterocycles. The normalized spacial score (nSPS) is 12.1. The van der Waals surface area contributed by atoms with Crippen LogP contribution in [0.5, 0.6) is 0 Å². The van der Waals surface area contributed by atoms with Crippen molar-refractivity contribution in [1.29, 1.82) is 0 Å². The van der Waals surface area contributed by atoms with Crippen molar-refractivity contribution in [2.75, 3.05) is 5.32 Å². The van der Waals surface area contributed by atoms with Crippen molar-refractivity contribution in [1.82, 2.24) is 24.3 Å². The Morgan fingerprint density at radius 3 is 2.12 bits per heavy atom. The maximum Gasteiger partial charge on any atom is 0.416 e. The summed E-state index contributed by atoms with van der Waals surface area (Å²) in [7, 11) is 0. The fraction of sp³-hybridized carbons (Fsp3) is 0.174. The highest BCUT2D eigenvalue weighted by atomic mass is 35.5. The number of fused-ring (bicyclic) bond motifs is 3. The van der Waals surface area contributed by atoms with Crippen molar-refractivity contribution in [3.63, 3.8) is 0 Å². The van der Waals surface area contributed by atoms with E-state index in [1.807, 2.05) is 92.0 Å². The van der Waals surface area contributed by atoms with Gasteiger partial charge in [0.05, 0.1) is 50.3 Å². The predicted octanol–water partition coefficient (Wildman–Crippen LogP) is 11.8. The Hall–Kier alpha value is -6.17. The Bertz CT molecular complexity index is 2820. The minimum absolute atomic E-state index is 0.134. The van der Waals surface area contributed by atoms with E-state index in [0.29, 0.717) is 32.6 Å². The molecular weight excluding hydrogens is 794 g/mol. The van der Waals surface area contributed by atoms with E-state index in [9.17, 15) is 18.0 Å². The van der Waals surface area contributed by atoms with Crippen LogP contribution in [-0.2, 0) is 12.7 Å². The molecule has 0 saturated heterocycles. The third kappa shape index (κ3) is 9.59. The zero-order valence-corrected chi connectivity index (χ0v) is 34.4. The van der Waals surface area contributed by atoms with Crippen molar-refractivity contribution in [3.05, 3.63) is 171 Å². The highest BCUT2D eigenvalue weighted by Crippen LogP contribution is 2.32. The second-order valence-electron chi connectivity index (χ2n) is 15.0. The number of imidazole rings is 1. The first-order valence-electron chi connectivity index (χ1n) is 18.7. The third-order valence-electron chi connectivity index (χ3n) is 9.25. The van der Waals surface area contributed by atoms with E-state index in [1.165, 1.54) is 12.1 Å². The van der Waals surface area contributed by atoms with Gasteiger partial charge in [0.25, 0.3) is 5.91 Å². The standard InChI is InChI=1S/C28H24Cl2N4.C18H16F3N3O/c1-28(2,3)33-24-17-27-25(16-23(24)31-20-12-8-18(29)9-13-20)32-22-6-4-5-7-26(22)34(27)21-14-10-19(30)11-15-21;1-11-3-8-15-23-12(2)16(24(15)10-11)17(25)22-9-13-4-6-14(7-5-13)18(19,20)21/h4-17,31H,1-3H3;3-8,10H,9H2,1-2H3,(H,22,25).